The fourth-order valence-electron chi connectivity index (χ4n) is 2.93. The van der Waals surface area contributed by atoms with Gasteiger partial charge in [-0.2, -0.15) is 4.31 Å². The standard InChI is InChI=1S/C19H29N3O3S/c1-4-10-20-19(23)15-21-11-13-22(14-12-21)26(24,25)18-8-6-17(7-9-18)16(3)5-2/h4,6-9,16H,1,5,10-15H2,2-3H3,(H,20,23). The van der Waals surface area contributed by atoms with E-state index in [0.29, 0.717) is 43.5 Å². The predicted molar refractivity (Wildman–Crippen MR) is 104 cm³/mol. The van der Waals surface area contributed by atoms with Gasteiger partial charge in [0.2, 0.25) is 15.9 Å². The molecule has 1 heterocycles. The van der Waals surface area contributed by atoms with E-state index in [9.17, 15) is 13.2 Å². The molecule has 1 aliphatic rings. The number of piperazine rings is 1. The molecule has 0 saturated carbocycles. The average molecular weight is 380 g/mol. The minimum atomic E-state index is -3.48. The van der Waals surface area contributed by atoms with Crippen molar-refractivity contribution in [3.63, 3.8) is 0 Å². The monoisotopic (exact) mass is 379 g/mol. The van der Waals surface area contributed by atoms with Gasteiger partial charge in [0, 0.05) is 32.7 Å². The number of nitrogens with zero attached hydrogens (tertiary/aromatic N) is 2. The maximum absolute atomic E-state index is 12.8. The van der Waals surface area contributed by atoms with E-state index in [1.165, 1.54) is 4.31 Å². The fraction of sp³-hybridized carbons (Fsp3) is 0.526. The fourth-order valence-corrected chi connectivity index (χ4v) is 4.35. The molecule has 7 heteroatoms. The van der Waals surface area contributed by atoms with Crippen molar-refractivity contribution < 1.29 is 13.2 Å². The van der Waals surface area contributed by atoms with Crippen LogP contribution >= 0.6 is 0 Å². The lowest BCUT2D eigenvalue weighted by Crippen LogP contribution is -2.51. The molecule has 1 amide bonds. The van der Waals surface area contributed by atoms with E-state index >= 15 is 0 Å². The molecule has 26 heavy (non-hydrogen) atoms. The Morgan fingerprint density at radius 2 is 1.85 bits per heavy atom. The van der Waals surface area contributed by atoms with Crippen LogP contribution in [0.3, 0.4) is 0 Å². The van der Waals surface area contributed by atoms with Crippen LogP contribution in [0.5, 0.6) is 0 Å². The molecule has 0 aliphatic carbocycles. The summed E-state index contributed by atoms with van der Waals surface area (Å²) in [5, 5.41) is 2.74. The minimum absolute atomic E-state index is 0.0677. The summed E-state index contributed by atoms with van der Waals surface area (Å²) in [6.45, 7) is 10.4. The van der Waals surface area contributed by atoms with Gasteiger partial charge in [0.05, 0.1) is 11.4 Å². The van der Waals surface area contributed by atoms with Gasteiger partial charge in [0.1, 0.15) is 0 Å². The molecule has 1 atom stereocenters. The molecule has 1 N–H and O–H groups in total. The molecule has 1 aromatic carbocycles. The average Bonchev–Trinajstić information content (AvgIpc) is 2.66. The van der Waals surface area contributed by atoms with E-state index in [4.69, 9.17) is 0 Å². The molecular weight excluding hydrogens is 350 g/mol. The SMILES string of the molecule is C=CCNC(=O)CN1CCN(S(=O)(=O)c2ccc(C(C)CC)cc2)CC1. The maximum Gasteiger partial charge on any atom is 0.243 e. The number of hydrogen-bond acceptors (Lipinski definition) is 4. The molecule has 1 fully saturated rings. The molecule has 0 aromatic heterocycles. The van der Waals surface area contributed by atoms with Gasteiger partial charge < -0.3 is 5.32 Å². The predicted octanol–water partition coefficient (Wildman–Crippen LogP) is 1.81. The summed E-state index contributed by atoms with van der Waals surface area (Å²) < 4.78 is 27.2. The third-order valence-electron chi connectivity index (χ3n) is 4.84. The summed E-state index contributed by atoms with van der Waals surface area (Å²) in [5.41, 5.74) is 1.15. The molecule has 144 valence electrons. The summed E-state index contributed by atoms with van der Waals surface area (Å²) in [6.07, 6.45) is 2.66. The Bertz CT molecular complexity index is 708. The Balaban J connectivity index is 1.95. The number of amides is 1. The highest BCUT2D eigenvalue weighted by atomic mass is 32.2. The molecule has 1 aliphatic heterocycles. The first-order chi connectivity index (χ1) is 12.4. The number of hydrogen-bond donors (Lipinski definition) is 1. The number of carbonyl (C=O) groups excluding carboxylic acids is 1. The van der Waals surface area contributed by atoms with E-state index < -0.39 is 10.0 Å². The highest BCUT2D eigenvalue weighted by molar-refractivity contribution is 7.89. The second-order valence-corrected chi connectivity index (χ2v) is 8.59. The normalized spacial score (nSPS) is 17.6. The largest absolute Gasteiger partial charge is 0.352 e. The lowest BCUT2D eigenvalue weighted by atomic mass is 9.99. The zero-order chi connectivity index (χ0) is 19.2. The zero-order valence-electron chi connectivity index (χ0n) is 15.6. The van der Waals surface area contributed by atoms with Crippen LogP contribution in [0.4, 0.5) is 0 Å². The zero-order valence-corrected chi connectivity index (χ0v) is 16.5. The summed E-state index contributed by atoms with van der Waals surface area (Å²) in [4.78, 5) is 14.1. The van der Waals surface area contributed by atoms with Gasteiger partial charge in [0.15, 0.2) is 0 Å². The van der Waals surface area contributed by atoms with Crippen LogP contribution in [-0.2, 0) is 14.8 Å². The van der Waals surface area contributed by atoms with Crippen molar-refractivity contribution >= 4 is 15.9 Å². The summed E-state index contributed by atoms with van der Waals surface area (Å²) in [6, 6.07) is 7.21. The quantitative estimate of drug-likeness (QED) is 0.700. The Morgan fingerprint density at radius 3 is 2.38 bits per heavy atom. The van der Waals surface area contributed by atoms with E-state index in [2.05, 4.69) is 25.7 Å². The van der Waals surface area contributed by atoms with Crippen molar-refractivity contribution in [2.24, 2.45) is 0 Å². The first kappa shape index (κ1) is 20.6. The smallest absolute Gasteiger partial charge is 0.243 e. The summed E-state index contributed by atoms with van der Waals surface area (Å²) in [5.74, 6) is 0.351. The van der Waals surface area contributed by atoms with E-state index in [1.54, 1.807) is 18.2 Å². The molecule has 1 aromatic rings. The van der Waals surface area contributed by atoms with Gasteiger partial charge in [0.25, 0.3) is 0 Å². The lowest BCUT2D eigenvalue weighted by molar-refractivity contribution is -0.122. The minimum Gasteiger partial charge on any atom is -0.352 e. The molecule has 0 bridgehead atoms. The topological polar surface area (TPSA) is 69.7 Å². The lowest BCUT2D eigenvalue weighted by Gasteiger charge is -2.33. The van der Waals surface area contributed by atoms with Crippen LogP contribution < -0.4 is 5.32 Å². The number of rotatable bonds is 8. The van der Waals surface area contributed by atoms with Crippen LogP contribution in [0.2, 0.25) is 0 Å². The van der Waals surface area contributed by atoms with Crippen LogP contribution in [0.15, 0.2) is 41.8 Å². The molecule has 1 saturated heterocycles. The first-order valence-corrected chi connectivity index (χ1v) is 10.5. The van der Waals surface area contributed by atoms with Crippen LogP contribution in [0.1, 0.15) is 31.7 Å². The molecule has 0 radical (unpaired) electrons. The first-order valence-electron chi connectivity index (χ1n) is 9.08. The second kappa shape index (κ2) is 9.30. The van der Waals surface area contributed by atoms with Crippen molar-refractivity contribution in [2.75, 3.05) is 39.3 Å². The van der Waals surface area contributed by atoms with E-state index in [0.717, 1.165) is 12.0 Å². The highest BCUT2D eigenvalue weighted by Gasteiger charge is 2.29. The number of benzene rings is 1. The van der Waals surface area contributed by atoms with Crippen LogP contribution in [0, 0.1) is 0 Å². The Morgan fingerprint density at radius 1 is 1.23 bits per heavy atom. The van der Waals surface area contributed by atoms with Gasteiger partial charge in [-0.15, -0.1) is 6.58 Å². The second-order valence-electron chi connectivity index (χ2n) is 6.65. The number of carbonyl (C=O) groups is 1. The third kappa shape index (κ3) is 5.16. The van der Waals surface area contributed by atoms with Crippen molar-refractivity contribution in [1.82, 2.24) is 14.5 Å². The Hall–Kier alpha value is -1.70. The summed E-state index contributed by atoms with van der Waals surface area (Å²) in [7, 11) is -3.48. The van der Waals surface area contributed by atoms with Gasteiger partial charge in [-0.3, -0.25) is 9.69 Å². The van der Waals surface area contributed by atoms with Crippen LogP contribution in [0.25, 0.3) is 0 Å². The summed E-state index contributed by atoms with van der Waals surface area (Å²) >= 11 is 0. The van der Waals surface area contributed by atoms with Crippen molar-refractivity contribution in [3.05, 3.63) is 42.5 Å². The Kier molecular flexibility index (Phi) is 7.37. The van der Waals surface area contributed by atoms with Gasteiger partial charge >= 0.3 is 0 Å². The van der Waals surface area contributed by atoms with E-state index in [1.807, 2.05) is 17.0 Å². The van der Waals surface area contributed by atoms with Crippen LogP contribution in [-0.4, -0.2) is 62.8 Å². The van der Waals surface area contributed by atoms with E-state index in [-0.39, 0.29) is 12.5 Å². The molecule has 2 rings (SSSR count). The van der Waals surface area contributed by atoms with Crippen molar-refractivity contribution in [1.29, 1.82) is 0 Å². The van der Waals surface area contributed by atoms with Gasteiger partial charge in [-0.1, -0.05) is 32.1 Å². The molecule has 0 spiro atoms. The third-order valence-corrected chi connectivity index (χ3v) is 6.75. The molecular formula is C19H29N3O3S. The molecule has 6 nitrogen and oxygen atoms in total. The van der Waals surface area contributed by atoms with Gasteiger partial charge in [-0.05, 0) is 30.0 Å². The molecule has 1 unspecified atom stereocenters. The van der Waals surface area contributed by atoms with Crippen molar-refractivity contribution in [3.8, 4) is 0 Å². The Labute approximate surface area is 156 Å². The number of nitrogens with one attached hydrogen (secondary N) is 1. The maximum atomic E-state index is 12.8. The highest BCUT2D eigenvalue weighted by Crippen LogP contribution is 2.23. The van der Waals surface area contributed by atoms with Crippen molar-refractivity contribution in [2.45, 2.75) is 31.1 Å². The number of sulfonamides is 1. The van der Waals surface area contributed by atoms with Gasteiger partial charge in [-0.25, -0.2) is 8.42 Å².